The summed E-state index contributed by atoms with van der Waals surface area (Å²) in [4.78, 5) is 27.0. The molecule has 5 atom stereocenters. The summed E-state index contributed by atoms with van der Waals surface area (Å²) in [6.45, 7) is 10.8. The summed E-state index contributed by atoms with van der Waals surface area (Å²) in [5.74, 6) is -0.207. The lowest BCUT2D eigenvalue weighted by atomic mass is 9.80. The summed E-state index contributed by atoms with van der Waals surface area (Å²) in [5, 5.41) is 0. The molecule has 1 saturated carbocycles. The van der Waals surface area contributed by atoms with Crippen LogP contribution in [0.15, 0.2) is 12.7 Å². The Balaban J connectivity index is 1.98. The molecule has 1 aliphatic carbocycles. The van der Waals surface area contributed by atoms with E-state index in [1.165, 1.54) is 23.0 Å². The molecule has 0 aromatic rings. The molecule has 4 nitrogen and oxygen atoms in total. The number of likely N-dealkylation sites (tertiary alicyclic amines) is 1. The Bertz CT molecular complexity index is 494. The second-order valence-corrected chi connectivity index (χ2v) is 12.5. The number of carbonyl (C=O) groups excluding carboxylic acids is 2. The van der Waals surface area contributed by atoms with Gasteiger partial charge in [0.25, 0.3) is 0 Å². The number of fused-ring (bicyclic) bond motifs is 2. The summed E-state index contributed by atoms with van der Waals surface area (Å²) in [6.07, 6.45) is 2.87. The first kappa shape index (κ1) is 15.9. The largest absolute Gasteiger partial charge is 0.370 e. The molecule has 5 unspecified atom stereocenters. The van der Waals surface area contributed by atoms with Gasteiger partial charge in [0.2, 0.25) is 11.8 Å². The zero-order chi connectivity index (χ0) is 16.1. The molecule has 0 aromatic carbocycles. The normalized spacial score (nSPS) is 37.0. The van der Waals surface area contributed by atoms with Crippen LogP contribution in [-0.2, 0) is 14.3 Å². The quantitative estimate of drug-likeness (QED) is 0.327. The Hall–Kier alpha value is -0.943. The zero-order valence-electron chi connectivity index (χ0n) is 13.9. The standard InChI is InChI=1S/C17H27NO3Si/c1-5-9-18-16(19)11-10-12-14(21-12)15(13(11)17(18)20)22(6-2,7-3)8-4/h5,11-15H,1,6-10H2,2-4H3. The van der Waals surface area contributed by atoms with Crippen LogP contribution in [0.3, 0.4) is 0 Å². The molecule has 0 radical (unpaired) electrons. The summed E-state index contributed by atoms with van der Waals surface area (Å²) < 4.78 is 5.92. The van der Waals surface area contributed by atoms with Crippen molar-refractivity contribution in [3.8, 4) is 0 Å². The first-order valence-corrected chi connectivity index (χ1v) is 11.4. The molecular weight excluding hydrogens is 294 g/mol. The maximum Gasteiger partial charge on any atom is 0.233 e. The average molecular weight is 321 g/mol. The topological polar surface area (TPSA) is 49.9 Å². The van der Waals surface area contributed by atoms with Crippen molar-refractivity contribution in [3.05, 3.63) is 12.7 Å². The molecular formula is C17H27NO3Si. The summed E-state index contributed by atoms with van der Waals surface area (Å²) in [6, 6.07) is 3.51. The van der Waals surface area contributed by atoms with Crippen LogP contribution < -0.4 is 0 Å². The molecule has 22 heavy (non-hydrogen) atoms. The first-order chi connectivity index (χ1) is 10.5. The van der Waals surface area contributed by atoms with E-state index in [-0.39, 0.29) is 35.9 Å². The van der Waals surface area contributed by atoms with Gasteiger partial charge in [0, 0.05) is 6.54 Å². The van der Waals surface area contributed by atoms with E-state index in [0.29, 0.717) is 12.1 Å². The van der Waals surface area contributed by atoms with Gasteiger partial charge < -0.3 is 4.74 Å². The van der Waals surface area contributed by atoms with Crippen molar-refractivity contribution >= 4 is 19.9 Å². The van der Waals surface area contributed by atoms with Gasteiger partial charge in [-0.2, -0.15) is 0 Å². The minimum atomic E-state index is -1.60. The third-order valence-corrected chi connectivity index (χ3v) is 12.9. The number of imide groups is 1. The third-order valence-electron chi connectivity index (χ3n) is 6.55. The molecule has 0 N–H and O–H groups in total. The Labute approximate surface area is 133 Å². The van der Waals surface area contributed by atoms with Crippen LogP contribution in [-0.4, -0.2) is 43.5 Å². The maximum absolute atomic E-state index is 12.9. The van der Waals surface area contributed by atoms with Crippen molar-refractivity contribution in [3.63, 3.8) is 0 Å². The van der Waals surface area contributed by atoms with Crippen molar-refractivity contribution in [2.45, 2.75) is 63.1 Å². The monoisotopic (exact) mass is 321 g/mol. The number of hydrogen-bond donors (Lipinski definition) is 0. The lowest BCUT2D eigenvalue weighted by molar-refractivity contribution is -0.139. The predicted molar refractivity (Wildman–Crippen MR) is 88.1 cm³/mol. The van der Waals surface area contributed by atoms with E-state index < -0.39 is 8.07 Å². The Morgan fingerprint density at radius 3 is 2.41 bits per heavy atom. The number of nitrogens with zero attached hydrogens (tertiary/aromatic N) is 1. The fourth-order valence-corrected chi connectivity index (χ4v) is 10.1. The highest BCUT2D eigenvalue weighted by Crippen LogP contribution is 2.59. The molecule has 0 aromatic heterocycles. The van der Waals surface area contributed by atoms with Gasteiger partial charge in [-0.15, -0.1) is 6.58 Å². The van der Waals surface area contributed by atoms with Crippen molar-refractivity contribution in [1.82, 2.24) is 4.90 Å². The summed E-state index contributed by atoms with van der Waals surface area (Å²) in [5.41, 5.74) is 0.322. The fourth-order valence-electron chi connectivity index (χ4n) is 5.08. The molecule has 2 aliphatic heterocycles. The van der Waals surface area contributed by atoms with Gasteiger partial charge in [0.1, 0.15) is 0 Å². The van der Waals surface area contributed by atoms with Crippen molar-refractivity contribution in [2.75, 3.05) is 6.54 Å². The van der Waals surface area contributed by atoms with E-state index >= 15 is 0 Å². The van der Waals surface area contributed by atoms with Gasteiger partial charge in [-0.3, -0.25) is 14.5 Å². The predicted octanol–water partition coefficient (Wildman–Crippen LogP) is 2.82. The summed E-state index contributed by atoms with van der Waals surface area (Å²) >= 11 is 0. The van der Waals surface area contributed by atoms with Gasteiger partial charge in [-0.05, 0) is 12.0 Å². The summed E-state index contributed by atoms with van der Waals surface area (Å²) in [7, 11) is -1.60. The second-order valence-electron chi connectivity index (χ2n) is 7.03. The van der Waals surface area contributed by atoms with Crippen LogP contribution in [0.25, 0.3) is 0 Å². The lowest BCUT2D eigenvalue weighted by Crippen LogP contribution is -2.49. The van der Waals surface area contributed by atoms with Crippen LogP contribution in [0.2, 0.25) is 23.7 Å². The van der Waals surface area contributed by atoms with Gasteiger partial charge in [-0.25, -0.2) is 0 Å². The SMILES string of the molecule is C=CCN1C(=O)C2CC3OC3C([Si](CC)(CC)CC)C2C1=O. The van der Waals surface area contributed by atoms with E-state index in [2.05, 4.69) is 27.4 Å². The van der Waals surface area contributed by atoms with Crippen LogP contribution in [0.5, 0.6) is 0 Å². The zero-order valence-corrected chi connectivity index (χ0v) is 14.9. The highest BCUT2D eigenvalue weighted by atomic mass is 28.3. The number of ether oxygens (including phenoxy) is 1. The molecule has 5 heteroatoms. The molecule has 0 spiro atoms. The molecule has 2 amide bonds. The van der Waals surface area contributed by atoms with Crippen LogP contribution in [0.1, 0.15) is 27.2 Å². The van der Waals surface area contributed by atoms with Crippen LogP contribution in [0, 0.1) is 11.8 Å². The highest BCUT2D eigenvalue weighted by molar-refractivity contribution is 6.81. The Kier molecular flexibility index (Phi) is 4.06. The van der Waals surface area contributed by atoms with Gasteiger partial charge in [-0.1, -0.05) is 45.0 Å². The third kappa shape index (κ3) is 2.05. The average Bonchev–Trinajstić information content (AvgIpc) is 3.27. The molecule has 2 saturated heterocycles. The van der Waals surface area contributed by atoms with Crippen molar-refractivity contribution in [2.24, 2.45) is 11.8 Å². The van der Waals surface area contributed by atoms with Gasteiger partial charge in [0.05, 0.1) is 32.1 Å². The van der Waals surface area contributed by atoms with E-state index in [0.717, 1.165) is 6.42 Å². The molecule has 122 valence electrons. The minimum Gasteiger partial charge on any atom is -0.370 e. The van der Waals surface area contributed by atoms with Gasteiger partial charge >= 0.3 is 0 Å². The molecule has 3 fully saturated rings. The van der Waals surface area contributed by atoms with E-state index in [9.17, 15) is 9.59 Å². The second kappa shape index (κ2) is 5.60. The molecule has 0 bridgehead atoms. The van der Waals surface area contributed by atoms with Crippen molar-refractivity contribution < 1.29 is 14.3 Å². The number of hydrogen-bond acceptors (Lipinski definition) is 3. The smallest absolute Gasteiger partial charge is 0.233 e. The maximum atomic E-state index is 12.9. The lowest BCUT2D eigenvalue weighted by Gasteiger charge is -2.42. The number of rotatable bonds is 6. The highest BCUT2D eigenvalue weighted by Gasteiger charge is 2.67. The van der Waals surface area contributed by atoms with Crippen LogP contribution >= 0.6 is 0 Å². The minimum absolute atomic E-state index is 0.0139. The van der Waals surface area contributed by atoms with E-state index in [1.807, 2.05) is 0 Å². The van der Waals surface area contributed by atoms with Crippen LogP contribution in [0.4, 0.5) is 0 Å². The molecule has 2 heterocycles. The van der Waals surface area contributed by atoms with E-state index in [4.69, 9.17) is 4.74 Å². The first-order valence-electron chi connectivity index (χ1n) is 8.66. The Morgan fingerprint density at radius 1 is 1.23 bits per heavy atom. The molecule has 3 rings (SSSR count). The Morgan fingerprint density at radius 2 is 1.86 bits per heavy atom. The van der Waals surface area contributed by atoms with Gasteiger partial charge in [0.15, 0.2) is 0 Å². The number of amides is 2. The molecule has 3 aliphatic rings. The van der Waals surface area contributed by atoms with E-state index in [1.54, 1.807) is 6.08 Å². The number of carbonyl (C=O) groups is 2. The number of epoxide rings is 1. The fraction of sp³-hybridized carbons (Fsp3) is 0.765. The van der Waals surface area contributed by atoms with Crippen molar-refractivity contribution in [1.29, 1.82) is 0 Å².